The van der Waals surface area contributed by atoms with Crippen LogP contribution in [0.15, 0.2) is 18.2 Å². The number of rotatable bonds is 5. The summed E-state index contributed by atoms with van der Waals surface area (Å²) in [6.45, 7) is 5.09. The second kappa shape index (κ2) is 5.89. The summed E-state index contributed by atoms with van der Waals surface area (Å²) in [6.07, 6.45) is 1.03. The zero-order valence-electron chi connectivity index (χ0n) is 10.1. The third-order valence-electron chi connectivity index (χ3n) is 2.87. The molecule has 1 unspecified atom stereocenters. The molecule has 1 aromatic carbocycles. The monoisotopic (exact) mass is 207 g/mol. The highest BCUT2D eigenvalue weighted by atomic mass is 16.5. The summed E-state index contributed by atoms with van der Waals surface area (Å²) in [6, 6.07) is 6.84. The van der Waals surface area contributed by atoms with E-state index in [1.807, 2.05) is 7.05 Å². The van der Waals surface area contributed by atoms with Crippen LogP contribution in [-0.4, -0.2) is 26.8 Å². The Hall–Kier alpha value is -0.860. The molecule has 2 heteroatoms. The van der Waals surface area contributed by atoms with E-state index < -0.39 is 0 Å². The summed E-state index contributed by atoms with van der Waals surface area (Å²) in [5.41, 5.74) is 4.17. The lowest BCUT2D eigenvalue weighted by Gasteiger charge is -2.18. The van der Waals surface area contributed by atoms with Crippen LogP contribution >= 0.6 is 0 Å². The molecule has 0 bridgehead atoms. The molecule has 0 radical (unpaired) electrons. The molecule has 1 atom stereocenters. The normalized spacial score (nSPS) is 12.8. The van der Waals surface area contributed by atoms with E-state index in [0.717, 1.165) is 13.0 Å². The van der Waals surface area contributed by atoms with Gasteiger partial charge in [-0.3, -0.25) is 0 Å². The minimum absolute atomic E-state index is 0.398. The van der Waals surface area contributed by atoms with Crippen LogP contribution in [0.2, 0.25) is 0 Å². The first kappa shape index (κ1) is 12.2. The number of ether oxygens (including phenoxy) is 1. The van der Waals surface area contributed by atoms with Gasteiger partial charge >= 0.3 is 0 Å². The fraction of sp³-hybridized carbons (Fsp3) is 0.538. The van der Waals surface area contributed by atoms with Crippen LogP contribution in [-0.2, 0) is 11.2 Å². The van der Waals surface area contributed by atoms with Crippen LogP contribution in [0.1, 0.15) is 16.7 Å². The number of benzene rings is 1. The van der Waals surface area contributed by atoms with Gasteiger partial charge in [0.2, 0.25) is 0 Å². The standard InChI is InChI=1S/C13H21NO/c1-10-6-5-7-11(2)13(10)8-12(14-3)9-15-4/h5-7,12,14H,8-9H2,1-4H3. The molecule has 0 aliphatic carbocycles. The van der Waals surface area contributed by atoms with Gasteiger partial charge in [0.1, 0.15) is 0 Å². The second-order valence-corrected chi connectivity index (χ2v) is 4.02. The molecule has 0 fully saturated rings. The van der Waals surface area contributed by atoms with Crippen molar-refractivity contribution in [2.75, 3.05) is 20.8 Å². The first-order valence-electron chi connectivity index (χ1n) is 5.40. The van der Waals surface area contributed by atoms with Crippen molar-refractivity contribution in [2.45, 2.75) is 26.3 Å². The lowest BCUT2D eigenvalue weighted by atomic mass is 9.97. The van der Waals surface area contributed by atoms with Gasteiger partial charge < -0.3 is 10.1 Å². The number of hydrogen-bond acceptors (Lipinski definition) is 2. The molecule has 2 nitrogen and oxygen atoms in total. The predicted octanol–water partition coefficient (Wildman–Crippen LogP) is 2.08. The quantitative estimate of drug-likeness (QED) is 0.798. The highest BCUT2D eigenvalue weighted by Crippen LogP contribution is 2.15. The van der Waals surface area contributed by atoms with Gasteiger partial charge in [-0.15, -0.1) is 0 Å². The third-order valence-corrected chi connectivity index (χ3v) is 2.87. The summed E-state index contributed by atoms with van der Waals surface area (Å²) >= 11 is 0. The molecular formula is C13H21NO. The van der Waals surface area contributed by atoms with Crippen molar-refractivity contribution in [1.82, 2.24) is 5.32 Å². The van der Waals surface area contributed by atoms with Crippen LogP contribution in [0, 0.1) is 13.8 Å². The molecule has 0 saturated carbocycles. The van der Waals surface area contributed by atoms with E-state index in [2.05, 4.69) is 37.4 Å². The van der Waals surface area contributed by atoms with Crippen LogP contribution in [0.5, 0.6) is 0 Å². The molecule has 15 heavy (non-hydrogen) atoms. The average Bonchev–Trinajstić information content (AvgIpc) is 2.22. The Morgan fingerprint density at radius 1 is 1.27 bits per heavy atom. The maximum atomic E-state index is 5.18. The molecular weight excluding hydrogens is 186 g/mol. The third kappa shape index (κ3) is 3.33. The fourth-order valence-electron chi connectivity index (χ4n) is 1.86. The first-order chi connectivity index (χ1) is 7.19. The minimum Gasteiger partial charge on any atom is -0.383 e. The molecule has 0 amide bonds. The lowest BCUT2D eigenvalue weighted by Crippen LogP contribution is -2.32. The predicted molar refractivity (Wildman–Crippen MR) is 64.3 cm³/mol. The lowest BCUT2D eigenvalue weighted by molar-refractivity contribution is 0.169. The van der Waals surface area contributed by atoms with Gasteiger partial charge in [0, 0.05) is 13.2 Å². The number of nitrogens with one attached hydrogen (secondary N) is 1. The summed E-state index contributed by atoms with van der Waals surface area (Å²) in [4.78, 5) is 0. The van der Waals surface area contributed by atoms with Gasteiger partial charge in [0.15, 0.2) is 0 Å². The number of likely N-dealkylation sites (N-methyl/N-ethyl adjacent to an activating group) is 1. The molecule has 0 saturated heterocycles. The topological polar surface area (TPSA) is 21.3 Å². The van der Waals surface area contributed by atoms with Gasteiger partial charge in [-0.25, -0.2) is 0 Å². The Kier molecular flexibility index (Phi) is 4.79. The largest absolute Gasteiger partial charge is 0.383 e. The van der Waals surface area contributed by atoms with E-state index in [4.69, 9.17) is 4.74 Å². The number of hydrogen-bond donors (Lipinski definition) is 1. The van der Waals surface area contributed by atoms with E-state index in [1.54, 1.807) is 7.11 Å². The molecule has 1 rings (SSSR count). The van der Waals surface area contributed by atoms with Crippen LogP contribution < -0.4 is 5.32 Å². The molecule has 0 aromatic heterocycles. The average molecular weight is 207 g/mol. The SMILES string of the molecule is CNC(COC)Cc1c(C)cccc1C. The van der Waals surface area contributed by atoms with E-state index in [1.165, 1.54) is 16.7 Å². The maximum Gasteiger partial charge on any atom is 0.0618 e. The van der Waals surface area contributed by atoms with Gasteiger partial charge in [-0.05, 0) is 44.0 Å². The number of aryl methyl sites for hydroxylation is 2. The molecule has 84 valence electrons. The zero-order valence-corrected chi connectivity index (χ0v) is 10.1. The van der Waals surface area contributed by atoms with Gasteiger partial charge in [-0.1, -0.05) is 18.2 Å². The van der Waals surface area contributed by atoms with E-state index in [9.17, 15) is 0 Å². The van der Waals surface area contributed by atoms with Gasteiger partial charge in [0.25, 0.3) is 0 Å². The van der Waals surface area contributed by atoms with E-state index >= 15 is 0 Å². The van der Waals surface area contributed by atoms with Crippen LogP contribution in [0.25, 0.3) is 0 Å². The van der Waals surface area contributed by atoms with E-state index in [-0.39, 0.29) is 0 Å². The Bertz CT molecular complexity index is 289. The molecule has 0 aliphatic heterocycles. The number of methoxy groups -OCH3 is 1. The molecule has 0 spiro atoms. The smallest absolute Gasteiger partial charge is 0.0618 e. The van der Waals surface area contributed by atoms with E-state index in [0.29, 0.717) is 6.04 Å². The summed E-state index contributed by atoms with van der Waals surface area (Å²) in [5, 5.41) is 3.28. The minimum atomic E-state index is 0.398. The van der Waals surface area contributed by atoms with Gasteiger partial charge in [0.05, 0.1) is 6.61 Å². The summed E-state index contributed by atoms with van der Waals surface area (Å²) < 4.78 is 5.18. The first-order valence-corrected chi connectivity index (χ1v) is 5.40. The Morgan fingerprint density at radius 3 is 2.33 bits per heavy atom. The second-order valence-electron chi connectivity index (χ2n) is 4.02. The van der Waals surface area contributed by atoms with Crippen molar-refractivity contribution in [3.05, 3.63) is 34.9 Å². The highest BCUT2D eigenvalue weighted by molar-refractivity contribution is 5.34. The van der Waals surface area contributed by atoms with Crippen LogP contribution in [0.3, 0.4) is 0 Å². The van der Waals surface area contributed by atoms with Crippen molar-refractivity contribution in [3.8, 4) is 0 Å². The Morgan fingerprint density at radius 2 is 1.87 bits per heavy atom. The molecule has 0 heterocycles. The molecule has 0 aliphatic rings. The van der Waals surface area contributed by atoms with Crippen molar-refractivity contribution in [3.63, 3.8) is 0 Å². The van der Waals surface area contributed by atoms with Crippen molar-refractivity contribution >= 4 is 0 Å². The zero-order chi connectivity index (χ0) is 11.3. The maximum absolute atomic E-state index is 5.18. The van der Waals surface area contributed by atoms with Gasteiger partial charge in [-0.2, -0.15) is 0 Å². The molecule has 1 N–H and O–H groups in total. The Balaban J connectivity index is 2.78. The van der Waals surface area contributed by atoms with Crippen LogP contribution in [0.4, 0.5) is 0 Å². The highest BCUT2D eigenvalue weighted by Gasteiger charge is 2.10. The Labute approximate surface area is 92.6 Å². The van der Waals surface area contributed by atoms with Crippen molar-refractivity contribution < 1.29 is 4.74 Å². The van der Waals surface area contributed by atoms with Crippen molar-refractivity contribution in [1.29, 1.82) is 0 Å². The summed E-state index contributed by atoms with van der Waals surface area (Å²) in [5.74, 6) is 0. The summed E-state index contributed by atoms with van der Waals surface area (Å²) in [7, 11) is 3.73. The fourth-order valence-corrected chi connectivity index (χ4v) is 1.86. The molecule has 1 aromatic rings. The van der Waals surface area contributed by atoms with Crippen molar-refractivity contribution in [2.24, 2.45) is 0 Å².